The van der Waals surface area contributed by atoms with Crippen molar-refractivity contribution >= 4 is 23.6 Å². The molecule has 1 fully saturated rings. The van der Waals surface area contributed by atoms with E-state index in [9.17, 15) is 9.18 Å². The highest BCUT2D eigenvalue weighted by atomic mass is 32.2. The van der Waals surface area contributed by atoms with Crippen molar-refractivity contribution < 1.29 is 13.9 Å². The molecule has 0 N–H and O–H groups in total. The van der Waals surface area contributed by atoms with Crippen LogP contribution in [0.1, 0.15) is 19.4 Å². The first-order chi connectivity index (χ1) is 16.1. The number of hydrogen-bond donors (Lipinski definition) is 0. The van der Waals surface area contributed by atoms with Gasteiger partial charge in [0.05, 0.1) is 24.2 Å². The maximum atomic E-state index is 14.1. The molecule has 1 atom stereocenters. The van der Waals surface area contributed by atoms with Gasteiger partial charge < -0.3 is 14.5 Å². The highest BCUT2D eigenvalue weighted by Crippen LogP contribution is 2.30. The molecule has 3 aromatic rings. The number of morpholine rings is 1. The number of halogens is 1. The van der Waals surface area contributed by atoms with Gasteiger partial charge in [0, 0.05) is 26.2 Å². The van der Waals surface area contributed by atoms with Gasteiger partial charge in [-0.15, -0.1) is 10.2 Å². The summed E-state index contributed by atoms with van der Waals surface area (Å²) in [6.07, 6.45) is 0. The van der Waals surface area contributed by atoms with Gasteiger partial charge in [0.25, 0.3) is 0 Å². The average molecular weight is 470 g/mol. The van der Waals surface area contributed by atoms with E-state index in [1.54, 1.807) is 6.07 Å². The van der Waals surface area contributed by atoms with Crippen LogP contribution in [0.15, 0.2) is 59.8 Å². The number of benzene rings is 2. The monoisotopic (exact) mass is 469 g/mol. The van der Waals surface area contributed by atoms with Gasteiger partial charge in [-0.05, 0) is 37.6 Å². The van der Waals surface area contributed by atoms with Crippen molar-refractivity contribution in [1.29, 1.82) is 0 Å². The summed E-state index contributed by atoms with van der Waals surface area (Å²) >= 11 is 1.34. The van der Waals surface area contributed by atoms with E-state index >= 15 is 0 Å². The molecule has 2 heterocycles. The van der Waals surface area contributed by atoms with E-state index in [2.05, 4.69) is 15.1 Å². The van der Waals surface area contributed by atoms with Crippen LogP contribution in [0.3, 0.4) is 0 Å². The van der Waals surface area contributed by atoms with Crippen molar-refractivity contribution in [1.82, 2.24) is 19.7 Å². The standard InChI is InChI=1S/C24H28FN5O2S/c1-3-28(17-19-8-5-4-6-9-19)22(31)18(2)33-24-27-26-23(29-12-14-32-15-13-29)30(24)21-11-7-10-20(25)16-21/h4-11,16,18H,3,12-15,17H2,1-2H3. The zero-order chi connectivity index (χ0) is 23.2. The first kappa shape index (κ1) is 23.3. The number of aromatic nitrogens is 3. The van der Waals surface area contributed by atoms with Gasteiger partial charge in [0.2, 0.25) is 11.9 Å². The maximum absolute atomic E-state index is 14.1. The average Bonchev–Trinajstić information content (AvgIpc) is 3.26. The highest BCUT2D eigenvalue weighted by Gasteiger charge is 2.27. The number of amides is 1. The van der Waals surface area contributed by atoms with Gasteiger partial charge in [-0.1, -0.05) is 48.2 Å². The minimum atomic E-state index is -0.386. The molecular weight excluding hydrogens is 441 g/mol. The van der Waals surface area contributed by atoms with Crippen LogP contribution < -0.4 is 4.90 Å². The molecule has 1 aromatic heterocycles. The van der Waals surface area contributed by atoms with Crippen LogP contribution in [0, 0.1) is 5.82 Å². The van der Waals surface area contributed by atoms with Gasteiger partial charge in [0.15, 0.2) is 5.16 Å². The Kier molecular flexibility index (Phi) is 7.61. The topological polar surface area (TPSA) is 63.5 Å². The lowest BCUT2D eigenvalue weighted by molar-refractivity contribution is -0.130. The van der Waals surface area contributed by atoms with Gasteiger partial charge in [-0.2, -0.15) is 0 Å². The Labute approximate surface area is 197 Å². The van der Waals surface area contributed by atoms with Crippen LogP contribution in [0.2, 0.25) is 0 Å². The minimum Gasteiger partial charge on any atom is -0.378 e. The lowest BCUT2D eigenvalue weighted by atomic mass is 10.2. The number of nitrogens with zero attached hydrogens (tertiary/aromatic N) is 5. The first-order valence-electron chi connectivity index (χ1n) is 11.1. The number of anilines is 1. The van der Waals surface area contributed by atoms with Crippen molar-refractivity contribution in [2.24, 2.45) is 0 Å². The Hall–Kier alpha value is -2.91. The molecule has 1 saturated heterocycles. The van der Waals surface area contributed by atoms with Crippen molar-refractivity contribution in [3.05, 3.63) is 66.0 Å². The summed E-state index contributed by atoms with van der Waals surface area (Å²) in [7, 11) is 0. The SMILES string of the molecule is CCN(Cc1ccccc1)C(=O)C(C)Sc1nnc(N2CCOCC2)n1-c1cccc(F)c1. The molecule has 0 spiro atoms. The van der Waals surface area contributed by atoms with E-state index in [1.807, 2.05) is 59.7 Å². The van der Waals surface area contributed by atoms with E-state index < -0.39 is 0 Å². The lowest BCUT2D eigenvalue weighted by Crippen LogP contribution is -2.38. The zero-order valence-electron chi connectivity index (χ0n) is 18.9. The Morgan fingerprint density at radius 3 is 2.61 bits per heavy atom. The molecule has 7 nitrogen and oxygen atoms in total. The van der Waals surface area contributed by atoms with E-state index in [-0.39, 0.29) is 17.0 Å². The molecule has 9 heteroatoms. The Balaban J connectivity index is 1.58. The second-order valence-electron chi connectivity index (χ2n) is 7.80. The fourth-order valence-electron chi connectivity index (χ4n) is 3.76. The predicted octanol–water partition coefficient (Wildman–Crippen LogP) is 3.77. The van der Waals surface area contributed by atoms with Crippen LogP contribution in [-0.2, 0) is 16.1 Å². The van der Waals surface area contributed by atoms with Crippen molar-refractivity contribution in [3.8, 4) is 5.69 Å². The summed E-state index contributed by atoms with van der Waals surface area (Å²) in [4.78, 5) is 17.2. The lowest BCUT2D eigenvalue weighted by Gasteiger charge is -2.28. The van der Waals surface area contributed by atoms with Crippen LogP contribution >= 0.6 is 11.8 Å². The molecule has 2 aromatic carbocycles. The second-order valence-corrected chi connectivity index (χ2v) is 9.10. The summed E-state index contributed by atoms with van der Waals surface area (Å²) < 4.78 is 21.4. The number of thioether (sulfide) groups is 1. The van der Waals surface area contributed by atoms with Gasteiger partial charge >= 0.3 is 0 Å². The second kappa shape index (κ2) is 10.8. The van der Waals surface area contributed by atoms with E-state index in [4.69, 9.17) is 4.74 Å². The summed E-state index contributed by atoms with van der Waals surface area (Å²) in [6.45, 7) is 7.55. The third-order valence-electron chi connectivity index (χ3n) is 5.52. The number of carbonyl (C=O) groups excluding carboxylic acids is 1. The van der Waals surface area contributed by atoms with Gasteiger partial charge in [-0.3, -0.25) is 9.36 Å². The van der Waals surface area contributed by atoms with E-state index in [0.29, 0.717) is 56.2 Å². The summed E-state index contributed by atoms with van der Waals surface area (Å²) in [5.74, 6) is 0.310. The van der Waals surface area contributed by atoms with E-state index in [1.165, 1.54) is 23.9 Å². The molecule has 0 radical (unpaired) electrons. The zero-order valence-corrected chi connectivity index (χ0v) is 19.7. The largest absolute Gasteiger partial charge is 0.378 e. The summed E-state index contributed by atoms with van der Waals surface area (Å²) in [6, 6.07) is 16.3. The van der Waals surface area contributed by atoms with Crippen LogP contribution in [-0.4, -0.2) is 63.7 Å². The smallest absolute Gasteiger partial charge is 0.236 e. The van der Waals surface area contributed by atoms with Crippen LogP contribution in [0.25, 0.3) is 5.69 Å². The van der Waals surface area contributed by atoms with E-state index in [0.717, 1.165) is 5.56 Å². The van der Waals surface area contributed by atoms with Gasteiger partial charge in [0.1, 0.15) is 5.82 Å². The molecule has 1 aliphatic heterocycles. The highest BCUT2D eigenvalue weighted by molar-refractivity contribution is 8.00. The predicted molar refractivity (Wildman–Crippen MR) is 127 cm³/mol. The molecule has 33 heavy (non-hydrogen) atoms. The molecule has 4 rings (SSSR count). The normalized spacial score (nSPS) is 14.8. The Bertz CT molecular complexity index is 1070. The minimum absolute atomic E-state index is 0.0214. The molecule has 0 aliphatic carbocycles. The molecule has 1 aliphatic rings. The summed E-state index contributed by atoms with van der Waals surface area (Å²) in [5, 5.41) is 8.96. The molecule has 0 saturated carbocycles. The van der Waals surface area contributed by atoms with Crippen LogP contribution in [0.5, 0.6) is 0 Å². The molecule has 1 amide bonds. The van der Waals surface area contributed by atoms with Crippen molar-refractivity contribution in [2.75, 3.05) is 37.7 Å². The number of carbonyl (C=O) groups is 1. The number of hydrogen-bond acceptors (Lipinski definition) is 6. The number of rotatable bonds is 8. The molecule has 174 valence electrons. The van der Waals surface area contributed by atoms with Gasteiger partial charge in [-0.25, -0.2) is 4.39 Å². The van der Waals surface area contributed by atoms with Crippen LogP contribution in [0.4, 0.5) is 10.3 Å². The van der Waals surface area contributed by atoms with Crippen molar-refractivity contribution in [2.45, 2.75) is 30.8 Å². The fraction of sp³-hybridized carbons (Fsp3) is 0.375. The first-order valence-corrected chi connectivity index (χ1v) is 12.0. The molecule has 0 bridgehead atoms. The summed E-state index contributed by atoms with van der Waals surface area (Å²) in [5.41, 5.74) is 1.71. The number of ether oxygens (including phenoxy) is 1. The fourth-order valence-corrected chi connectivity index (χ4v) is 4.71. The van der Waals surface area contributed by atoms with Crippen molar-refractivity contribution in [3.63, 3.8) is 0 Å². The Morgan fingerprint density at radius 2 is 1.91 bits per heavy atom. The third kappa shape index (κ3) is 5.54. The quantitative estimate of drug-likeness (QED) is 0.468. The maximum Gasteiger partial charge on any atom is 0.236 e. The molecule has 1 unspecified atom stereocenters. The Morgan fingerprint density at radius 1 is 1.15 bits per heavy atom. The third-order valence-corrected chi connectivity index (χ3v) is 6.55. The molecular formula is C24H28FN5O2S.